The molecule has 20 heavy (non-hydrogen) atoms. The summed E-state index contributed by atoms with van der Waals surface area (Å²) in [4.78, 5) is 4.95. The van der Waals surface area contributed by atoms with Gasteiger partial charge in [0.2, 0.25) is 0 Å². The van der Waals surface area contributed by atoms with Crippen LogP contribution in [-0.4, -0.2) is 19.1 Å². The Morgan fingerprint density at radius 2 is 1.25 bits per heavy atom. The summed E-state index contributed by atoms with van der Waals surface area (Å²) in [6, 6.07) is 0.788. The molecule has 0 aliphatic heterocycles. The molecule has 0 radical (unpaired) electrons. The Morgan fingerprint density at radius 1 is 0.800 bits per heavy atom. The third-order valence-corrected chi connectivity index (χ3v) is 11.5. The summed E-state index contributed by atoms with van der Waals surface area (Å²) in [5, 5.41) is 0. The zero-order chi connectivity index (χ0) is 15.1. The van der Waals surface area contributed by atoms with Gasteiger partial charge in [-0.15, -0.1) is 0 Å². The van der Waals surface area contributed by atoms with E-state index < -0.39 is 8.24 Å². The summed E-state index contributed by atoms with van der Waals surface area (Å²) in [5.74, 6) is 3.56. The van der Waals surface area contributed by atoms with E-state index in [1.165, 1.54) is 25.7 Å². The van der Waals surface area contributed by atoms with Crippen LogP contribution in [0.25, 0.3) is 0 Å². The first-order valence-electron chi connectivity index (χ1n) is 8.65. The number of hydrogen-bond acceptors (Lipinski definition) is 1. The molecule has 2 saturated carbocycles. The fourth-order valence-electron chi connectivity index (χ4n) is 5.22. The molecule has 2 rings (SSSR count). The van der Waals surface area contributed by atoms with Crippen molar-refractivity contribution in [2.24, 2.45) is 23.7 Å². The van der Waals surface area contributed by atoms with Crippen LogP contribution in [0.5, 0.6) is 0 Å². The Balaban J connectivity index is 2.02. The summed E-state index contributed by atoms with van der Waals surface area (Å²) in [7, 11) is -1.35. The lowest BCUT2D eigenvalue weighted by molar-refractivity contribution is 0.352. The molecule has 2 aliphatic carbocycles. The molecule has 1 nitrogen and oxygen atoms in total. The second kappa shape index (κ2) is 6.42. The minimum atomic E-state index is -1.35. The molecule has 0 aromatic rings. The second-order valence-corrected chi connectivity index (χ2v) is 14.0. The van der Waals surface area contributed by atoms with Gasteiger partial charge >= 0.3 is 0 Å². The Hall–Kier alpha value is 0.657. The van der Waals surface area contributed by atoms with E-state index in [1.807, 2.05) is 0 Å². The monoisotopic (exact) mass is 359 g/mol. The van der Waals surface area contributed by atoms with Gasteiger partial charge in [0.15, 0.2) is 0 Å². The van der Waals surface area contributed by atoms with E-state index in [-0.39, 0.29) is 0 Å². The van der Waals surface area contributed by atoms with E-state index >= 15 is 0 Å². The van der Waals surface area contributed by atoms with Gasteiger partial charge in [-0.25, -0.2) is 0 Å². The van der Waals surface area contributed by atoms with Crippen molar-refractivity contribution in [2.75, 3.05) is 0 Å². The summed E-state index contributed by atoms with van der Waals surface area (Å²) in [5.41, 5.74) is 0.939. The van der Waals surface area contributed by atoms with Crippen molar-refractivity contribution in [3.63, 3.8) is 0 Å². The molecule has 0 amide bonds. The molecular formula is C17H34BrNSi. The van der Waals surface area contributed by atoms with Crippen molar-refractivity contribution in [3.8, 4) is 0 Å². The third-order valence-electron chi connectivity index (χ3n) is 6.69. The number of hydrogen-bond donors (Lipinski definition) is 1. The highest BCUT2D eigenvalue weighted by Gasteiger charge is 2.49. The van der Waals surface area contributed by atoms with E-state index in [0.29, 0.717) is 0 Å². The van der Waals surface area contributed by atoms with Crippen LogP contribution in [0.4, 0.5) is 0 Å². The Labute approximate surface area is 135 Å². The van der Waals surface area contributed by atoms with Crippen LogP contribution in [0.3, 0.4) is 0 Å². The molecule has 4 unspecified atom stereocenters. The van der Waals surface area contributed by atoms with Crippen molar-refractivity contribution in [2.45, 2.75) is 82.9 Å². The van der Waals surface area contributed by atoms with Crippen LogP contribution >= 0.6 is 15.9 Å². The molecule has 4 atom stereocenters. The molecule has 2 fully saturated rings. The maximum atomic E-state index is 4.18. The van der Waals surface area contributed by atoms with Gasteiger partial charge in [-0.05, 0) is 54.9 Å². The SMILES string of the molecule is CC1C(C)C(C)C([Si](C)(C)NC2CCC(Br)CC2)C1C. The van der Waals surface area contributed by atoms with Crippen molar-refractivity contribution < 1.29 is 0 Å². The highest BCUT2D eigenvalue weighted by molar-refractivity contribution is 9.09. The largest absolute Gasteiger partial charge is 0.334 e. The molecule has 3 heteroatoms. The fraction of sp³-hybridized carbons (Fsp3) is 1.00. The van der Waals surface area contributed by atoms with Crippen molar-refractivity contribution in [1.82, 2.24) is 4.98 Å². The summed E-state index contributed by atoms with van der Waals surface area (Å²) in [6.45, 7) is 15.2. The van der Waals surface area contributed by atoms with Crippen molar-refractivity contribution in [1.29, 1.82) is 0 Å². The molecule has 0 saturated heterocycles. The van der Waals surface area contributed by atoms with Crippen LogP contribution in [-0.2, 0) is 0 Å². The number of nitrogens with one attached hydrogen (secondary N) is 1. The van der Waals surface area contributed by atoms with Crippen LogP contribution in [0.1, 0.15) is 53.4 Å². The highest BCUT2D eigenvalue weighted by atomic mass is 79.9. The van der Waals surface area contributed by atoms with E-state index in [1.54, 1.807) is 0 Å². The lowest BCUT2D eigenvalue weighted by Crippen LogP contribution is -2.56. The maximum absolute atomic E-state index is 4.18. The average molecular weight is 360 g/mol. The van der Waals surface area contributed by atoms with Gasteiger partial charge in [-0.1, -0.05) is 56.7 Å². The Kier molecular flexibility index (Phi) is 5.46. The molecule has 0 aromatic carbocycles. The van der Waals surface area contributed by atoms with Gasteiger partial charge < -0.3 is 4.98 Å². The minimum absolute atomic E-state index is 0.773. The number of alkyl halides is 1. The molecule has 0 aromatic heterocycles. The van der Waals surface area contributed by atoms with Gasteiger partial charge in [0.05, 0.1) is 0 Å². The molecule has 1 N–H and O–H groups in total. The van der Waals surface area contributed by atoms with E-state index in [4.69, 9.17) is 0 Å². The predicted molar refractivity (Wildman–Crippen MR) is 96.0 cm³/mol. The van der Waals surface area contributed by atoms with Gasteiger partial charge in [0.25, 0.3) is 0 Å². The van der Waals surface area contributed by atoms with Crippen LogP contribution in [0.15, 0.2) is 0 Å². The lowest BCUT2D eigenvalue weighted by Gasteiger charge is -2.41. The van der Waals surface area contributed by atoms with Gasteiger partial charge in [0, 0.05) is 10.9 Å². The van der Waals surface area contributed by atoms with Crippen LogP contribution in [0.2, 0.25) is 18.6 Å². The molecule has 118 valence electrons. The van der Waals surface area contributed by atoms with E-state index in [0.717, 1.165) is 40.1 Å². The van der Waals surface area contributed by atoms with Crippen molar-refractivity contribution in [3.05, 3.63) is 0 Å². The molecule has 0 heterocycles. The van der Waals surface area contributed by atoms with Gasteiger partial charge in [-0.3, -0.25) is 0 Å². The molecule has 0 spiro atoms. The summed E-state index contributed by atoms with van der Waals surface area (Å²) >= 11 is 3.78. The first kappa shape index (κ1) is 17.0. The lowest BCUT2D eigenvalue weighted by atomic mass is 9.92. The standard InChI is InChI=1S/C17H34BrNSi/c1-11-12(2)14(4)17(13(11)3)20(5,6)19-16-9-7-15(18)8-10-16/h11-17,19H,7-10H2,1-6H3. The average Bonchev–Trinajstić information content (AvgIpc) is 2.57. The number of rotatable bonds is 3. The zero-order valence-electron chi connectivity index (χ0n) is 14.2. The first-order chi connectivity index (χ1) is 9.24. The second-order valence-electron chi connectivity index (χ2n) is 8.28. The Morgan fingerprint density at radius 3 is 1.70 bits per heavy atom. The predicted octanol–water partition coefficient (Wildman–Crippen LogP) is 5.42. The quantitative estimate of drug-likeness (QED) is 0.524. The minimum Gasteiger partial charge on any atom is -0.334 e. The molecule has 2 aliphatic rings. The van der Waals surface area contributed by atoms with Gasteiger partial charge in [0.1, 0.15) is 8.24 Å². The van der Waals surface area contributed by atoms with Gasteiger partial charge in [-0.2, -0.15) is 0 Å². The third kappa shape index (κ3) is 3.35. The first-order valence-corrected chi connectivity index (χ1v) is 12.6. The van der Waals surface area contributed by atoms with Crippen LogP contribution in [0, 0.1) is 23.7 Å². The molecule has 0 bridgehead atoms. The number of halogens is 1. The van der Waals surface area contributed by atoms with E-state index in [2.05, 4.69) is 61.7 Å². The zero-order valence-corrected chi connectivity index (χ0v) is 16.8. The Bertz CT molecular complexity index is 311. The maximum Gasteiger partial charge on any atom is 0.123 e. The normalized spacial score (nSPS) is 46.6. The fourth-order valence-corrected chi connectivity index (χ4v) is 10.5. The van der Waals surface area contributed by atoms with Crippen LogP contribution < -0.4 is 4.98 Å². The summed E-state index contributed by atoms with van der Waals surface area (Å²) in [6.07, 6.45) is 5.44. The highest BCUT2D eigenvalue weighted by Crippen LogP contribution is 2.53. The summed E-state index contributed by atoms with van der Waals surface area (Å²) < 4.78 is 0. The van der Waals surface area contributed by atoms with E-state index in [9.17, 15) is 0 Å². The molecular weight excluding hydrogens is 326 g/mol. The smallest absolute Gasteiger partial charge is 0.123 e. The topological polar surface area (TPSA) is 12.0 Å². The van der Waals surface area contributed by atoms with Crippen molar-refractivity contribution >= 4 is 24.2 Å².